The number of amides is 1. The van der Waals surface area contributed by atoms with Crippen LogP contribution in [0.3, 0.4) is 0 Å². The third-order valence-electron chi connectivity index (χ3n) is 3.78. The summed E-state index contributed by atoms with van der Waals surface area (Å²) in [6.07, 6.45) is 2.56. The molecule has 0 radical (unpaired) electrons. The Morgan fingerprint density at radius 1 is 1.44 bits per heavy atom. The molecule has 16 heavy (non-hydrogen) atoms. The molecule has 2 rings (SSSR count). The van der Waals surface area contributed by atoms with E-state index in [1.165, 1.54) is 19.4 Å². The Kier molecular flexibility index (Phi) is 3.82. The lowest BCUT2D eigenvalue weighted by Crippen LogP contribution is -2.58. The average molecular weight is 225 g/mol. The SMILES string of the molecule is CCNCC(=O)N1CC2CCCN2CC1C. The van der Waals surface area contributed by atoms with Crippen LogP contribution in [0.15, 0.2) is 0 Å². The van der Waals surface area contributed by atoms with Gasteiger partial charge in [0.2, 0.25) is 5.91 Å². The molecule has 2 aliphatic heterocycles. The summed E-state index contributed by atoms with van der Waals surface area (Å²) in [5.74, 6) is 0.265. The summed E-state index contributed by atoms with van der Waals surface area (Å²) in [4.78, 5) is 16.6. The van der Waals surface area contributed by atoms with Gasteiger partial charge in [-0.05, 0) is 32.9 Å². The molecule has 2 unspecified atom stereocenters. The zero-order chi connectivity index (χ0) is 11.5. The van der Waals surface area contributed by atoms with Gasteiger partial charge < -0.3 is 10.2 Å². The highest BCUT2D eigenvalue weighted by atomic mass is 16.2. The van der Waals surface area contributed by atoms with Crippen LogP contribution in [0.2, 0.25) is 0 Å². The number of piperazine rings is 1. The van der Waals surface area contributed by atoms with Gasteiger partial charge in [0.25, 0.3) is 0 Å². The lowest BCUT2D eigenvalue weighted by atomic mass is 10.1. The van der Waals surface area contributed by atoms with Crippen molar-refractivity contribution in [3.05, 3.63) is 0 Å². The summed E-state index contributed by atoms with van der Waals surface area (Å²) in [5.41, 5.74) is 0. The van der Waals surface area contributed by atoms with E-state index in [2.05, 4.69) is 22.0 Å². The Bertz CT molecular complexity index is 257. The van der Waals surface area contributed by atoms with Crippen LogP contribution in [-0.4, -0.2) is 60.5 Å². The second-order valence-electron chi connectivity index (χ2n) is 4.97. The second-order valence-corrected chi connectivity index (χ2v) is 4.97. The van der Waals surface area contributed by atoms with Crippen molar-refractivity contribution in [3.8, 4) is 0 Å². The van der Waals surface area contributed by atoms with E-state index < -0.39 is 0 Å². The predicted octanol–water partition coefficient (Wildman–Crippen LogP) is 0.291. The first-order chi connectivity index (χ1) is 7.72. The van der Waals surface area contributed by atoms with Crippen molar-refractivity contribution in [2.24, 2.45) is 0 Å². The van der Waals surface area contributed by atoms with Crippen molar-refractivity contribution in [1.29, 1.82) is 0 Å². The number of likely N-dealkylation sites (N-methyl/N-ethyl adjacent to an activating group) is 1. The fourth-order valence-corrected chi connectivity index (χ4v) is 2.87. The molecule has 0 aromatic rings. The van der Waals surface area contributed by atoms with Crippen LogP contribution in [0.5, 0.6) is 0 Å². The Morgan fingerprint density at radius 2 is 2.25 bits per heavy atom. The molecular formula is C12H23N3O. The molecule has 0 spiro atoms. The van der Waals surface area contributed by atoms with Crippen molar-refractivity contribution in [2.45, 2.75) is 38.8 Å². The van der Waals surface area contributed by atoms with Crippen LogP contribution in [0.4, 0.5) is 0 Å². The quantitative estimate of drug-likeness (QED) is 0.750. The largest absolute Gasteiger partial charge is 0.336 e. The minimum Gasteiger partial charge on any atom is -0.336 e. The van der Waals surface area contributed by atoms with E-state index >= 15 is 0 Å². The number of hydrogen-bond donors (Lipinski definition) is 1. The van der Waals surface area contributed by atoms with Crippen LogP contribution in [0.25, 0.3) is 0 Å². The molecule has 0 saturated carbocycles. The highest BCUT2D eigenvalue weighted by Crippen LogP contribution is 2.24. The van der Waals surface area contributed by atoms with E-state index in [4.69, 9.17) is 0 Å². The summed E-state index contributed by atoms with van der Waals surface area (Å²) in [6, 6.07) is 1.00. The summed E-state index contributed by atoms with van der Waals surface area (Å²) in [5, 5.41) is 3.12. The standard InChI is InChI=1S/C12H23N3O/c1-3-13-7-12(16)15-9-11-5-4-6-14(11)8-10(15)2/h10-11,13H,3-9H2,1-2H3. The first-order valence-corrected chi connectivity index (χ1v) is 6.46. The van der Waals surface area contributed by atoms with E-state index in [-0.39, 0.29) is 5.91 Å². The van der Waals surface area contributed by atoms with Crippen molar-refractivity contribution in [1.82, 2.24) is 15.1 Å². The van der Waals surface area contributed by atoms with Gasteiger partial charge in [0, 0.05) is 25.2 Å². The number of carbonyl (C=O) groups excluding carboxylic acids is 1. The van der Waals surface area contributed by atoms with Gasteiger partial charge in [-0.1, -0.05) is 6.92 Å². The van der Waals surface area contributed by atoms with Crippen molar-refractivity contribution >= 4 is 5.91 Å². The maximum atomic E-state index is 12.0. The maximum Gasteiger partial charge on any atom is 0.236 e. The van der Waals surface area contributed by atoms with Crippen LogP contribution in [0.1, 0.15) is 26.7 Å². The van der Waals surface area contributed by atoms with Crippen LogP contribution in [0, 0.1) is 0 Å². The molecule has 2 aliphatic rings. The Labute approximate surface area is 98.0 Å². The van der Waals surface area contributed by atoms with Gasteiger partial charge in [0.05, 0.1) is 6.54 Å². The third-order valence-corrected chi connectivity index (χ3v) is 3.78. The molecule has 2 atom stereocenters. The van der Waals surface area contributed by atoms with Gasteiger partial charge in [-0.2, -0.15) is 0 Å². The smallest absolute Gasteiger partial charge is 0.236 e. The number of rotatable bonds is 3. The first-order valence-electron chi connectivity index (χ1n) is 6.46. The van der Waals surface area contributed by atoms with Gasteiger partial charge in [-0.3, -0.25) is 9.69 Å². The molecule has 1 N–H and O–H groups in total. The molecule has 4 heteroatoms. The van der Waals surface area contributed by atoms with Gasteiger partial charge in [0.1, 0.15) is 0 Å². The molecule has 4 nitrogen and oxygen atoms in total. The normalized spacial score (nSPS) is 30.5. The minimum atomic E-state index is 0.265. The summed E-state index contributed by atoms with van der Waals surface area (Å²) >= 11 is 0. The van der Waals surface area contributed by atoms with Crippen molar-refractivity contribution in [3.63, 3.8) is 0 Å². The van der Waals surface area contributed by atoms with Crippen molar-refractivity contribution in [2.75, 3.05) is 32.7 Å². The monoisotopic (exact) mass is 225 g/mol. The molecule has 0 bridgehead atoms. The molecule has 1 amide bonds. The van der Waals surface area contributed by atoms with E-state index in [0.717, 1.165) is 19.6 Å². The molecule has 0 aromatic heterocycles. The van der Waals surface area contributed by atoms with E-state index in [1.54, 1.807) is 0 Å². The number of fused-ring (bicyclic) bond motifs is 1. The van der Waals surface area contributed by atoms with Gasteiger partial charge in [-0.25, -0.2) is 0 Å². The highest BCUT2D eigenvalue weighted by Gasteiger charge is 2.35. The molecule has 2 heterocycles. The molecular weight excluding hydrogens is 202 g/mol. The maximum absolute atomic E-state index is 12.0. The summed E-state index contributed by atoms with van der Waals surface area (Å²) in [6.45, 7) is 8.78. The lowest BCUT2D eigenvalue weighted by molar-refractivity contribution is -0.135. The van der Waals surface area contributed by atoms with Gasteiger partial charge in [-0.15, -0.1) is 0 Å². The molecule has 0 aromatic carbocycles. The molecule has 2 fully saturated rings. The Balaban J connectivity index is 1.91. The zero-order valence-corrected chi connectivity index (χ0v) is 10.4. The Morgan fingerprint density at radius 3 is 3.00 bits per heavy atom. The first kappa shape index (κ1) is 11.9. The Hall–Kier alpha value is -0.610. The number of nitrogens with one attached hydrogen (secondary N) is 1. The fraction of sp³-hybridized carbons (Fsp3) is 0.917. The third kappa shape index (κ3) is 2.38. The topological polar surface area (TPSA) is 35.6 Å². The number of nitrogens with zero attached hydrogens (tertiary/aromatic N) is 2. The van der Waals surface area contributed by atoms with E-state index in [0.29, 0.717) is 18.6 Å². The molecule has 92 valence electrons. The van der Waals surface area contributed by atoms with Crippen LogP contribution in [-0.2, 0) is 4.79 Å². The molecule has 0 aliphatic carbocycles. The van der Waals surface area contributed by atoms with E-state index in [9.17, 15) is 4.79 Å². The summed E-state index contributed by atoms with van der Waals surface area (Å²) < 4.78 is 0. The van der Waals surface area contributed by atoms with Gasteiger partial charge in [0.15, 0.2) is 0 Å². The van der Waals surface area contributed by atoms with Crippen LogP contribution < -0.4 is 5.32 Å². The highest BCUT2D eigenvalue weighted by molar-refractivity contribution is 5.78. The molecule has 2 saturated heterocycles. The van der Waals surface area contributed by atoms with Crippen LogP contribution >= 0.6 is 0 Å². The van der Waals surface area contributed by atoms with Crippen molar-refractivity contribution < 1.29 is 4.79 Å². The lowest BCUT2D eigenvalue weighted by Gasteiger charge is -2.42. The van der Waals surface area contributed by atoms with E-state index in [1.807, 2.05) is 6.92 Å². The predicted molar refractivity (Wildman–Crippen MR) is 64.3 cm³/mol. The van der Waals surface area contributed by atoms with Gasteiger partial charge >= 0.3 is 0 Å². The number of carbonyl (C=O) groups is 1. The number of hydrogen-bond acceptors (Lipinski definition) is 3. The average Bonchev–Trinajstić information content (AvgIpc) is 2.71. The zero-order valence-electron chi connectivity index (χ0n) is 10.4. The minimum absolute atomic E-state index is 0.265. The summed E-state index contributed by atoms with van der Waals surface area (Å²) in [7, 11) is 0. The second kappa shape index (κ2) is 5.15. The fourth-order valence-electron chi connectivity index (χ4n) is 2.87.